The van der Waals surface area contributed by atoms with E-state index >= 15 is 0 Å². The fraction of sp³-hybridized carbons (Fsp3) is 0.627. The van der Waals surface area contributed by atoms with E-state index in [0.717, 1.165) is 106 Å². The van der Waals surface area contributed by atoms with E-state index in [1.807, 2.05) is 12.1 Å². The molecule has 0 aliphatic carbocycles. The summed E-state index contributed by atoms with van der Waals surface area (Å²) in [5.74, 6) is 4.85. The Kier molecular flexibility index (Phi) is 29.9. The standard InChI is InChI=1S/C29H44N4O4S.C15H24N4O2.C10H22N2.C5H3ClN2O2/c1-7-32(8-2)21-24-11-15-33(16-12-24)28-10-9-25(20-30-28)19-26(34)13-14-31(5)38(35,36)29-22(3)17-27(37-6)18-23(29)4;1-3-17(4-2)12-13-7-9-18(10-8-13)15-6-5-14(11-16-15)19(20)21;1-3-12(4-2)9-10-5-7-11-8-6-10;6-5-2-1-4(3-7-5)8(9)10/h9-10,17-18,20,24H,7-8,11-16,19,21H2,1-6H3;5-6,11,13H,3-4,7-10,12H2,1-2H3;10-11H,3-9H2,1-2H3;1-3H. The second-order valence-electron chi connectivity index (χ2n) is 21.1. The Morgan fingerprint density at radius 2 is 1.09 bits per heavy atom. The number of anilines is 2. The number of nitrogens with zero attached hydrogens (tertiary/aromatic N) is 11. The highest BCUT2D eigenvalue weighted by atomic mass is 35.5. The maximum atomic E-state index is 13.2. The summed E-state index contributed by atoms with van der Waals surface area (Å²) in [5, 5.41) is 24.3. The molecule has 0 spiro atoms. The second-order valence-corrected chi connectivity index (χ2v) is 23.5. The number of ketones is 1. The smallest absolute Gasteiger partial charge is 0.287 e. The molecule has 0 saturated carbocycles. The van der Waals surface area contributed by atoms with Gasteiger partial charge in [-0.1, -0.05) is 59.2 Å². The van der Waals surface area contributed by atoms with Crippen molar-refractivity contribution >= 4 is 50.4 Å². The van der Waals surface area contributed by atoms with E-state index in [9.17, 15) is 33.4 Å². The van der Waals surface area contributed by atoms with Crippen LogP contribution in [0.1, 0.15) is 103 Å². The lowest BCUT2D eigenvalue weighted by Crippen LogP contribution is -2.39. The molecule has 3 aliphatic rings. The molecule has 22 heteroatoms. The van der Waals surface area contributed by atoms with Gasteiger partial charge in [-0.25, -0.2) is 27.7 Å². The largest absolute Gasteiger partial charge is 0.497 e. The summed E-state index contributed by atoms with van der Waals surface area (Å²) in [7, 11) is -0.644. The Morgan fingerprint density at radius 1 is 0.667 bits per heavy atom. The van der Waals surface area contributed by atoms with Crippen LogP contribution in [0, 0.1) is 51.8 Å². The maximum absolute atomic E-state index is 13.2. The fourth-order valence-electron chi connectivity index (χ4n) is 10.5. The van der Waals surface area contributed by atoms with Crippen molar-refractivity contribution < 1.29 is 27.8 Å². The van der Waals surface area contributed by atoms with Gasteiger partial charge in [0.25, 0.3) is 11.4 Å². The van der Waals surface area contributed by atoms with Gasteiger partial charge in [0.05, 0.1) is 21.9 Å². The van der Waals surface area contributed by atoms with Gasteiger partial charge in [-0.2, -0.15) is 0 Å². The molecular formula is C59H93ClN12O8S. The van der Waals surface area contributed by atoms with Crippen LogP contribution in [-0.4, -0.2) is 177 Å². The summed E-state index contributed by atoms with van der Waals surface area (Å²) in [4.78, 5) is 57.1. The van der Waals surface area contributed by atoms with E-state index in [-0.39, 0.29) is 46.6 Å². The number of carbonyl (C=O) groups is 1. The van der Waals surface area contributed by atoms with Gasteiger partial charge in [-0.05, 0) is 170 Å². The lowest BCUT2D eigenvalue weighted by Gasteiger charge is -2.35. The first-order valence-electron chi connectivity index (χ1n) is 29.1. The Labute approximate surface area is 488 Å². The van der Waals surface area contributed by atoms with Crippen molar-refractivity contribution in [1.29, 1.82) is 0 Å². The molecule has 1 aromatic carbocycles. The minimum atomic E-state index is -3.72. The number of aromatic nitrogens is 3. The van der Waals surface area contributed by atoms with Gasteiger partial charge in [0, 0.05) is 90.6 Å². The summed E-state index contributed by atoms with van der Waals surface area (Å²) in [6, 6.07) is 13.3. The van der Waals surface area contributed by atoms with Crippen molar-refractivity contribution in [2.45, 2.75) is 112 Å². The van der Waals surface area contributed by atoms with E-state index in [2.05, 4.69) is 86.3 Å². The van der Waals surface area contributed by atoms with Crippen LogP contribution in [0.4, 0.5) is 23.0 Å². The topological polar surface area (TPSA) is 217 Å². The van der Waals surface area contributed by atoms with Crippen LogP contribution < -0.4 is 19.9 Å². The average Bonchev–Trinajstić information content (AvgIpc) is 3.47. The number of Topliss-reactive ketones (excluding diaryl/α,β-unsaturated/α-hetero) is 1. The third-order valence-corrected chi connectivity index (χ3v) is 18.1. The summed E-state index contributed by atoms with van der Waals surface area (Å²) in [5.41, 5.74) is 2.10. The van der Waals surface area contributed by atoms with Gasteiger partial charge in [-0.3, -0.25) is 25.0 Å². The zero-order chi connectivity index (χ0) is 59.5. The zero-order valence-electron chi connectivity index (χ0n) is 50.0. The van der Waals surface area contributed by atoms with Crippen LogP contribution in [0.5, 0.6) is 5.75 Å². The third-order valence-electron chi connectivity index (χ3n) is 15.7. The predicted molar refractivity (Wildman–Crippen MR) is 325 cm³/mol. The molecule has 6 heterocycles. The normalized spacial score (nSPS) is 15.4. The molecule has 3 aliphatic heterocycles. The Balaban J connectivity index is 0.000000271. The van der Waals surface area contributed by atoms with Gasteiger partial charge in [0.2, 0.25) is 10.0 Å². The number of piperidine rings is 3. The second kappa shape index (κ2) is 35.5. The molecule has 0 radical (unpaired) electrons. The van der Waals surface area contributed by atoms with Crippen LogP contribution >= 0.6 is 11.6 Å². The minimum absolute atomic E-state index is 0.0120. The van der Waals surface area contributed by atoms with Crippen LogP contribution in [0.15, 0.2) is 72.0 Å². The van der Waals surface area contributed by atoms with E-state index < -0.39 is 19.9 Å². The lowest BCUT2D eigenvalue weighted by atomic mass is 9.96. The number of nitro groups is 2. The highest BCUT2D eigenvalue weighted by Crippen LogP contribution is 2.29. The molecule has 0 amide bonds. The maximum Gasteiger partial charge on any atom is 0.287 e. The number of hydrogen-bond donors (Lipinski definition) is 1. The molecule has 3 fully saturated rings. The number of benzene rings is 1. The van der Waals surface area contributed by atoms with Crippen LogP contribution in [0.3, 0.4) is 0 Å². The van der Waals surface area contributed by atoms with E-state index in [1.165, 1.54) is 107 Å². The molecule has 4 aromatic rings. The number of hydrogen-bond acceptors (Lipinski definition) is 17. The highest BCUT2D eigenvalue weighted by Gasteiger charge is 2.27. The van der Waals surface area contributed by atoms with Crippen LogP contribution in [-0.2, 0) is 21.2 Å². The van der Waals surface area contributed by atoms with Crippen molar-refractivity contribution in [1.82, 2.24) is 39.3 Å². The number of halogens is 1. The minimum Gasteiger partial charge on any atom is -0.497 e. The molecular weight excluding hydrogens is 1070 g/mol. The number of methoxy groups -OCH3 is 1. The molecule has 1 N–H and O–H groups in total. The molecule has 81 heavy (non-hydrogen) atoms. The number of ether oxygens (including phenoxy) is 1. The SMILES string of the molecule is CCN(CC)CC1CCN(c2ccc(CC(=O)CCN(C)S(=O)(=O)c3c(C)cc(OC)cc3C)cn2)CC1.CCN(CC)CC1CCN(c2ccc([N+](=O)[O-])cn2)CC1.CCN(CC)CC1CCNCC1.O=[N+]([O-])c1ccc(Cl)nc1. The first-order chi connectivity index (χ1) is 38.8. The first-order valence-corrected chi connectivity index (χ1v) is 30.9. The molecule has 3 saturated heterocycles. The van der Waals surface area contributed by atoms with Crippen molar-refractivity contribution in [2.24, 2.45) is 17.8 Å². The van der Waals surface area contributed by atoms with E-state index in [1.54, 1.807) is 45.4 Å². The Bertz CT molecular complexity index is 2560. The number of pyridine rings is 3. The quantitative estimate of drug-likeness (QED) is 0.0392. The summed E-state index contributed by atoms with van der Waals surface area (Å²) in [6.07, 6.45) is 12.0. The number of aryl methyl sites for hydroxylation is 2. The highest BCUT2D eigenvalue weighted by molar-refractivity contribution is 7.89. The fourth-order valence-corrected chi connectivity index (χ4v) is 12.1. The predicted octanol–water partition coefficient (Wildman–Crippen LogP) is 9.61. The summed E-state index contributed by atoms with van der Waals surface area (Å²) >= 11 is 5.38. The van der Waals surface area contributed by atoms with Gasteiger partial charge >= 0.3 is 0 Å². The van der Waals surface area contributed by atoms with Gasteiger partial charge in [0.1, 0.15) is 40.7 Å². The van der Waals surface area contributed by atoms with E-state index in [4.69, 9.17) is 16.3 Å². The number of rotatable bonds is 24. The van der Waals surface area contributed by atoms with Gasteiger partial charge < -0.3 is 34.6 Å². The zero-order valence-corrected chi connectivity index (χ0v) is 51.6. The molecule has 0 atom stereocenters. The lowest BCUT2D eigenvalue weighted by molar-refractivity contribution is -0.385. The average molecular weight is 1170 g/mol. The van der Waals surface area contributed by atoms with Crippen molar-refractivity contribution in [2.75, 3.05) is 129 Å². The molecule has 3 aromatic heterocycles. The van der Waals surface area contributed by atoms with Crippen molar-refractivity contribution in [3.05, 3.63) is 109 Å². The van der Waals surface area contributed by atoms with Gasteiger partial charge in [0.15, 0.2) is 0 Å². The molecule has 20 nitrogen and oxygen atoms in total. The number of sulfonamides is 1. The number of nitrogens with one attached hydrogen (secondary N) is 1. The van der Waals surface area contributed by atoms with Crippen LogP contribution in [0.25, 0.3) is 0 Å². The van der Waals surface area contributed by atoms with Gasteiger partial charge in [-0.15, -0.1) is 0 Å². The molecule has 0 unspecified atom stereocenters. The third kappa shape index (κ3) is 22.7. The first kappa shape index (κ1) is 68.1. The Hall–Kier alpha value is -5.42. The van der Waals surface area contributed by atoms with Crippen molar-refractivity contribution in [3.8, 4) is 5.75 Å². The summed E-state index contributed by atoms with van der Waals surface area (Å²) < 4.78 is 32.9. The molecule has 450 valence electrons. The summed E-state index contributed by atoms with van der Waals surface area (Å²) in [6.45, 7) is 33.9. The molecule has 7 rings (SSSR count). The monoisotopic (exact) mass is 1160 g/mol. The molecule has 0 bridgehead atoms. The number of carbonyl (C=O) groups excluding carboxylic acids is 1. The Morgan fingerprint density at radius 3 is 1.46 bits per heavy atom. The van der Waals surface area contributed by atoms with Crippen molar-refractivity contribution in [3.63, 3.8) is 0 Å². The van der Waals surface area contributed by atoms with E-state index in [0.29, 0.717) is 16.9 Å². The van der Waals surface area contributed by atoms with Crippen LogP contribution in [0.2, 0.25) is 5.15 Å².